The van der Waals surface area contributed by atoms with Gasteiger partial charge in [-0.3, -0.25) is 4.90 Å². The number of morpholine rings is 1. The summed E-state index contributed by atoms with van der Waals surface area (Å²) in [4.78, 5) is 16.3. The van der Waals surface area contributed by atoms with Crippen LogP contribution in [0.2, 0.25) is 0 Å². The third-order valence-corrected chi connectivity index (χ3v) is 5.71. The highest BCUT2D eigenvalue weighted by Crippen LogP contribution is 2.35. The number of rotatable bonds is 3. The molecule has 1 fully saturated rings. The number of nitrogens with zero attached hydrogens (tertiary/aromatic N) is 2. The molecule has 2 atom stereocenters. The van der Waals surface area contributed by atoms with Gasteiger partial charge in [-0.1, -0.05) is 36.4 Å². The average molecular weight is 366 g/mol. The minimum absolute atomic E-state index is 0.0374. The number of amides is 1. The van der Waals surface area contributed by atoms with Gasteiger partial charge in [-0.2, -0.15) is 5.26 Å². The zero-order valence-corrected chi connectivity index (χ0v) is 14.9. The highest BCUT2D eigenvalue weighted by Gasteiger charge is 2.39. The first kappa shape index (κ1) is 16.8. The lowest BCUT2D eigenvalue weighted by Gasteiger charge is -2.43. The summed E-state index contributed by atoms with van der Waals surface area (Å²) in [5, 5.41) is 9.03. The molecule has 1 aromatic carbocycles. The Bertz CT molecular complexity index is 869. The molecule has 1 amide bonds. The zero-order valence-electron chi connectivity index (χ0n) is 14.1. The van der Waals surface area contributed by atoms with Crippen LogP contribution in [0.25, 0.3) is 5.57 Å². The van der Waals surface area contributed by atoms with E-state index in [-0.39, 0.29) is 24.8 Å². The second-order valence-corrected chi connectivity index (χ2v) is 7.46. The molecule has 0 N–H and O–H groups in total. The molecule has 0 aliphatic carbocycles. The van der Waals surface area contributed by atoms with E-state index in [1.165, 1.54) is 16.9 Å². The van der Waals surface area contributed by atoms with Gasteiger partial charge in [0.2, 0.25) is 0 Å². The Kier molecular flexibility index (Phi) is 4.74. The lowest BCUT2D eigenvalue weighted by Crippen LogP contribution is -2.56. The lowest BCUT2D eigenvalue weighted by molar-refractivity contribution is -0.0341. The molecular formula is C20H18N2O3S. The van der Waals surface area contributed by atoms with Crippen LogP contribution >= 0.6 is 11.3 Å². The maximum Gasteiger partial charge on any atom is 0.411 e. The number of carbonyl (C=O) groups is 1. The van der Waals surface area contributed by atoms with E-state index < -0.39 is 0 Å². The SMILES string of the molecule is N#Cc1ccc(C2=CC3COCC(C2)N3C(=O)OCc2ccccc2)s1. The van der Waals surface area contributed by atoms with Gasteiger partial charge in [0.05, 0.1) is 25.3 Å². The van der Waals surface area contributed by atoms with Crippen molar-refractivity contribution in [2.75, 3.05) is 13.2 Å². The molecule has 0 spiro atoms. The van der Waals surface area contributed by atoms with E-state index in [1.807, 2.05) is 42.5 Å². The van der Waals surface area contributed by atoms with E-state index in [2.05, 4.69) is 12.1 Å². The standard InChI is InChI=1S/C20H18N2O3S/c21-10-18-6-7-19(26-18)15-8-16-12-24-13-17(9-15)22(16)20(23)25-11-14-4-2-1-3-5-14/h1-8,16-17H,9,11-13H2. The molecular weight excluding hydrogens is 348 g/mol. The fourth-order valence-corrected chi connectivity index (χ4v) is 4.26. The summed E-state index contributed by atoms with van der Waals surface area (Å²) >= 11 is 1.49. The van der Waals surface area contributed by atoms with E-state index >= 15 is 0 Å². The summed E-state index contributed by atoms with van der Waals surface area (Å²) in [5.41, 5.74) is 2.15. The Hall–Kier alpha value is -2.62. The molecule has 0 radical (unpaired) electrons. The predicted molar refractivity (Wildman–Crippen MR) is 98.5 cm³/mol. The molecule has 3 heterocycles. The van der Waals surface area contributed by atoms with Crippen LogP contribution in [0.4, 0.5) is 4.79 Å². The molecule has 1 aromatic heterocycles. The summed E-state index contributed by atoms with van der Waals surface area (Å²) in [6.07, 6.45) is 2.49. The Balaban J connectivity index is 1.49. The average Bonchev–Trinajstić information content (AvgIpc) is 3.15. The van der Waals surface area contributed by atoms with Gasteiger partial charge in [-0.15, -0.1) is 11.3 Å². The largest absolute Gasteiger partial charge is 0.445 e. The van der Waals surface area contributed by atoms with Gasteiger partial charge < -0.3 is 9.47 Å². The second kappa shape index (κ2) is 7.32. The van der Waals surface area contributed by atoms with Gasteiger partial charge in [0, 0.05) is 4.88 Å². The van der Waals surface area contributed by atoms with Crippen molar-refractivity contribution >= 4 is 23.0 Å². The quantitative estimate of drug-likeness (QED) is 0.829. The van der Waals surface area contributed by atoms with Crippen LogP contribution in [0.5, 0.6) is 0 Å². The Morgan fingerprint density at radius 3 is 2.85 bits per heavy atom. The Labute approximate surface area is 156 Å². The van der Waals surface area contributed by atoms with Gasteiger partial charge in [0.15, 0.2) is 0 Å². The third kappa shape index (κ3) is 3.36. The topological polar surface area (TPSA) is 62.6 Å². The molecule has 0 saturated carbocycles. The van der Waals surface area contributed by atoms with Crippen LogP contribution in [0.3, 0.4) is 0 Å². The maximum absolute atomic E-state index is 12.7. The number of ether oxygens (including phenoxy) is 2. The van der Waals surface area contributed by atoms with Crippen LogP contribution in [0.1, 0.15) is 21.7 Å². The van der Waals surface area contributed by atoms with Gasteiger partial charge in [0.25, 0.3) is 0 Å². The van der Waals surface area contributed by atoms with Crippen LogP contribution in [0, 0.1) is 11.3 Å². The first-order chi connectivity index (χ1) is 12.7. The van der Waals surface area contributed by atoms with Crippen molar-refractivity contribution in [3.63, 3.8) is 0 Å². The van der Waals surface area contributed by atoms with Gasteiger partial charge >= 0.3 is 6.09 Å². The van der Waals surface area contributed by atoms with Crippen molar-refractivity contribution < 1.29 is 14.3 Å². The first-order valence-corrected chi connectivity index (χ1v) is 9.34. The zero-order chi connectivity index (χ0) is 17.9. The Morgan fingerprint density at radius 1 is 1.27 bits per heavy atom. The van der Waals surface area contributed by atoms with E-state index in [0.717, 1.165) is 10.4 Å². The molecule has 132 valence electrons. The van der Waals surface area contributed by atoms with Crippen molar-refractivity contribution in [3.8, 4) is 6.07 Å². The predicted octanol–water partition coefficient (Wildman–Crippen LogP) is 3.81. The number of carbonyl (C=O) groups excluding carboxylic acids is 1. The molecule has 4 rings (SSSR count). The van der Waals surface area contributed by atoms with E-state index in [4.69, 9.17) is 14.7 Å². The van der Waals surface area contributed by atoms with Gasteiger partial charge in [-0.05, 0) is 29.7 Å². The van der Waals surface area contributed by atoms with Crippen molar-refractivity contribution in [1.82, 2.24) is 4.90 Å². The summed E-state index contributed by atoms with van der Waals surface area (Å²) in [6, 6.07) is 15.5. The van der Waals surface area contributed by atoms with E-state index in [0.29, 0.717) is 24.5 Å². The molecule has 6 heteroatoms. The van der Waals surface area contributed by atoms with Crippen LogP contribution in [0.15, 0.2) is 48.5 Å². The Morgan fingerprint density at radius 2 is 2.12 bits per heavy atom. The number of nitriles is 1. The number of fused-ring (bicyclic) bond motifs is 2. The summed E-state index contributed by atoms with van der Waals surface area (Å²) in [5.74, 6) is 0. The first-order valence-electron chi connectivity index (χ1n) is 8.52. The molecule has 5 nitrogen and oxygen atoms in total. The highest BCUT2D eigenvalue weighted by atomic mass is 32.1. The monoisotopic (exact) mass is 366 g/mol. The van der Waals surface area contributed by atoms with Crippen molar-refractivity contribution in [3.05, 3.63) is 63.9 Å². The molecule has 2 aromatic rings. The minimum atomic E-state index is -0.300. The molecule has 2 unspecified atom stereocenters. The van der Waals surface area contributed by atoms with Crippen LogP contribution in [-0.4, -0.2) is 36.3 Å². The maximum atomic E-state index is 12.7. The summed E-state index contributed by atoms with van der Waals surface area (Å²) in [7, 11) is 0. The van der Waals surface area contributed by atoms with Crippen molar-refractivity contribution in [2.24, 2.45) is 0 Å². The number of hydrogen-bond donors (Lipinski definition) is 0. The fraction of sp³-hybridized carbons (Fsp3) is 0.300. The van der Waals surface area contributed by atoms with Crippen molar-refractivity contribution in [2.45, 2.75) is 25.1 Å². The molecule has 2 bridgehead atoms. The smallest absolute Gasteiger partial charge is 0.411 e. The van der Waals surface area contributed by atoms with E-state index in [9.17, 15) is 4.79 Å². The normalized spacial score (nSPS) is 21.7. The fourth-order valence-electron chi connectivity index (χ4n) is 3.43. The molecule has 2 aliphatic heterocycles. The van der Waals surface area contributed by atoms with Gasteiger partial charge in [-0.25, -0.2) is 4.79 Å². The summed E-state index contributed by atoms with van der Waals surface area (Å²) < 4.78 is 11.2. The second-order valence-electron chi connectivity index (χ2n) is 6.38. The number of benzene rings is 1. The number of thiophene rings is 1. The lowest BCUT2D eigenvalue weighted by atomic mass is 9.94. The summed E-state index contributed by atoms with van der Waals surface area (Å²) in [6.45, 7) is 1.24. The van der Waals surface area contributed by atoms with Crippen molar-refractivity contribution in [1.29, 1.82) is 5.26 Å². The third-order valence-electron chi connectivity index (χ3n) is 4.65. The highest BCUT2D eigenvalue weighted by molar-refractivity contribution is 7.13. The molecule has 1 saturated heterocycles. The molecule has 26 heavy (non-hydrogen) atoms. The minimum Gasteiger partial charge on any atom is -0.445 e. The van der Waals surface area contributed by atoms with E-state index in [1.54, 1.807) is 4.90 Å². The van der Waals surface area contributed by atoms with Crippen LogP contribution < -0.4 is 0 Å². The number of hydrogen-bond acceptors (Lipinski definition) is 5. The van der Waals surface area contributed by atoms with Gasteiger partial charge in [0.1, 0.15) is 17.6 Å². The molecule has 2 aliphatic rings. The van der Waals surface area contributed by atoms with Crippen LogP contribution in [-0.2, 0) is 16.1 Å².